The lowest BCUT2D eigenvalue weighted by Crippen LogP contribution is -2.43. The topological polar surface area (TPSA) is 146 Å². The molecule has 1 aliphatic heterocycles. The predicted octanol–water partition coefficient (Wildman–Crippen LogP) is 6.11. The van der Waals surface area contributed by atoms with Gasteiger partial charge in [-0.1, -0.05) is 78.9 Å². The van der Waals surface area contributed by atoms with E-state index in [4.69, 9.17) is 15.2 Å². The lowest BCUT2D eigenvalue weighted by atomic mass is 9.98. The Morgan fingerprint density at radius 1 is 0.878 bits per heavy atom. The summed E-state index contributed by atoms with van der Waals surface area (Å²) in [5.74, 6) is -0.411. The zero-order chi connectivity index (χ0) is 34.8. The van der Waals surface area contributed by atoms with Crippen molar-refractivity contribution in [2.45, 2.75) is 69.9 Å². The van der Waals surface area contributed by atoms with Gasteiger partial charge in [0.25, 0.3) is 0 Å². The number of hydrogen-bond donors (Lipinski definition) is 5. The molecule has 0 unspecified atom stereocenters. The third-order valence-corrected chi connectivity index (χ3v) is 8.88. The van der Waals surface area contributed by atoms with Gasteiger partial charge in [-0.15, -0.1) is 0 Å². The average molecular weight is 667 g/mol. The van der Waals surface area contributed by atoms with Gasteiger partial charge in [0.1, 0.15) is 0 Å². The zero-order valence-corrected chi connectivity index (χ0v) is 28.0. The second-order valence-corrected chi connectivity index (χ2v) is 12.5. The van der Waals surface area contributed by atoms with Crippen LogP contribution in [0.2, 0.25) is 0 Å². The maximum Gasteiger partial charge on any atom is 0.224 e. The molecule has 1 saturated heterocycles. The van der Waals surface area contributed by atoms with E-state index in [1.807, 2.05) is 86.8 Å². The number of amides is 2. The monoisotopic (exact) mass is 666 g/mol. The van der Waals surface area contributed by atoms with E-state index in [1.54, 1.807) is 30.3 Å². The Balaban J connectivity index is 1.23. The highest BCUT2D eigenvalue weighted by Gasteiger charge is 2.34. The summed E-state index contributed by atoms with van der Waals surface area (Å²) in [6.07, 6.45) is -0.566. The minimum atomic E-state index is -0.713. The molecule has 258 valence electrons. The Labute approximate surface area is 287 Å². The first-order valence-corrected chi connectivity index (χ1v) is 16.7. The number of likely N-dealkylation sites (N-methyl/N-ethyl adjacent to an activating group) is 1. The number of benzene rings is 4. The number of ether oxygens (including phenoxy) is 2. The van der Waals surface area contributed by atoms with E-state index >= 15 is 0 Å². The van der Waals surface area contributed by atoms with E-state index in [2.05, 4.69) is 15.5 Å². The number of para-hydroxylation sites is 2. The molecule has 5 atom stereocenters. The van der Waals surface area contributed by atoms with Gasteiger partial charge in [-0.2, -0.15) is 0 Å². The number of aliphatic hydroxyl groups is 2. The Hall–Kier alpha value is -4.58. The first-order valence-electron chi connectivity index (χ1n) is 16.7. The highest BCUT2D eigenvalue weighted by atomic mass is 16.7. The number of nitrogens with two attached hydrogens (primary N) is 1. The van der Waals surface area contributed by atoms with Crippen LogP contribution in [-0.2, 0) is 25.7 Å². The van der Waals surface area contributed by atoms with E-state index in [-0.39, 0.29) is 49.5 Å². The number of nitrogens with zero attached hydrogens (tertiary/aromatic N) is 1. The minimum Gasteiger partial charge on any atom is -0.397 e. The van der Waals surface area contributed by atoms with Gasteiger partial charge in [0.15, 0.2) is 6.29 Å². The van der Waals surface area contributed by atoms with Crippen LogP contribution in [0.1, 0.15) is 73.4 Å². The smallest absolute Gasteiger partial charge is 0.224 e. The van der Waals surface area contributed by atoms with Gasteiger partial charge in [0, 0.05) is 43.1 Å². The zero-order valence-electron chi connectivity index (χ0n) is 28.0. The number of rotatable bonds is 14. The minimum absolute atomic E-state index is 0.0406. The summed E-state index contributed by atoms with van der Waals surface area (Å²) in [4.78, 5) is 27.3. The maximum absolute atomic E-state index is 12.8. The van der Waals surface area contributed by atoms with Crippen LogP contribution < -0.4 is 16.4 Å². The van der Waals surface area contributed by atoms with Crippen molar-refractivity contribution < 1.29 is 29.3 Å². The number of carbonyl (C=O) groups excluding carboxylic acids is 2. The maximum atomic E-state index is 12.8. The normalized spacial score (nSPS) is 18.8. The SMILES string of the molecule is C[C@H]([C@@H](O)c1ccccc1)N(C)C[C@H]1C[C@@H](c2ccc(CO)cc2)O[C@@H](c2cccc(NC(=O)CCCC(=O)Nc3ccccc3N)c2)O1. The van der Waals surface area contributed by atoms with E-state index < -0.39 is 12.4 Å². The second-order valence-electron chi connectivity index (χ2n) is 12.5. The molecule has 10 heteroatoms. The predicted molar refractivity (Wildman–Crippen MR) is 190 cm³/mol. The van der Waals surface area contributed by atoms with Crippen molar-refractivity contribution in [2.75, 3.05) is 30.0 Å². The van der Waals surface area contributed by atoms with Gasteiger partial charge in [-0.3, -0.25) is 14.5 Å². The first kappa shape index (κ1) is 35.7. The highest BCUT2D eigenvalue weighted by molar-refractivity contribution is 5.94. The number of nitrogens with one attached hydrogen (secondary N) is 2. The first-order chi connectivity index (χ1) is 23.7. The quantitative estimate of drug-likeness (QED) is 0.101. The summed E-state index contributed by atoms with van der Waals surface area (Å²) in [7, 11) is 1.98. The van der Waals surface area contributed by atoms with Crippen LogP contribution in [0.25, 0.3) is 0 Å². The van der Waals surface area contributed by atoms with E-state index in [0.717, 1.165) is 22.3 Å². The summed E-state index contributed by atoms with van der Waals surface area (Å²) in [5, 5.41) is 26.3. The molecule has 0 aliphatic carbocycles. The summed E-state index contributed by atoms with van der Waals surface area (Å²) < 4.78 is 13.0. The highest BCUT2D eigenvalue weighted by Crippen LogP contribution is 2.39. The molecule has 2 amide bonds. The van der Waals surface area contributed by atoms with Crippen LogP contribution in [0.15, 0.2) is 103 Å². The van der Waals surface area contributed by atoms with Crippen molar-refractivity contribution in [3.8, 4) is 0 Å². The number of aliphatic hydroxyl groups excluding tert-OH is 2. The summed E-state index contributed by atoms with van der Waals surface area (Å²) in [6.45, 7) is 2.51. The van der Waals surface area contributed by atoms with Crippen molar-refractivity contribution in [1.29, 1.82) is 0 Å². The van der Waals surface area contributed by atoms with Crippen LogP contribution in [0.5, 0.6) is 0 Å². The van der Waals surface area contributed by atoms with Crippen molar-refractivity contribution >= 4 is 28.9 Å². The summed E-state index contributed by atoms with van der Waals surface area (Å²) in [6, 6.07) is 31.6. The standard InChI is InChI=1S/C39H46N4O6/c1-26(38(47)29-10-4-3-5-11-29)43(2)24-32-23-35(28-20-18-27(25-44)19-21-28)49-39(48-32)30-12-8-13-31(22-30)41-36(45)16-9-17-37(46)42-34-15-7-6-14-33(34)40/h3-8,10-15,18-22,26,32,35,38-39,44,47H,9,16-17,23-25,40H2,1-2H3,(H,41,45)(H,42,46)/t26-,32-,35+,38-,39+/m1/s1. The molecule has 49 heavy (non-hydrogen) atoms. The lowest BCUT2D eigenvalue weighted by molar-refractivity contribution is -0.253. The van der Waals surface area contributed by atoms with Gasteiger partial charge in [0.2, 0.25) is 11.8 Å². The van der Waals surface area contributed by atoms with Crippen LogP contribution >= 0.6 is 0 Å². The Morgan fingerprint density at radius 2 is 1.57 bits per heavy atom. The van der Waals surface area contributed by atoms with Crippen LogP contribution in [0.3, 0.4) is 0 Å². The Morgan fingerprint density at radius 3 is 2.29 bits per heavy atom. The number of anilines is 3. The third-order valence-electron chi connectivity index (χ3n) is 8.88. The van der Waals surface area contributed by atoms with Gasteiger partial charge in [0.05, 0.1) is 36.3 Å². The Kier molecular flexibility index (Phi) is 12.5. The Bertz CT molecular complexity index is 1670. The molecule has 1 fully saturated rings. The van der Waals surface area contributed by atoms with E-state index in [9.17, 15) is 19.8 Å². The van der Waals surface area contributed by atoms with Crippen molar-refractivity contribution in [3.63, 3.8) is 0 Å². The van der Waals surface area contributed by atoms with Gasteiger partial charge in [-0.25, -0.2) is 0 Å². The fourth-order valence-electron chi connectivity index (χ4n) is 5.91. The van der Waals surface area contributed by atoms with Crippen molar-refractivity contribution in [3.05, 3.63) is 125 Å². The second kappa shape index (κ2) is 17.2. The molecule has 4 aromatic carbocycles. The molecule has 0 saturated carbocycles. The molecule has 6 N–H and O–H groups in total. The van der Waals surface area contributed by atoms with Gasteiger partial charge in [-0.05, 0) is 61.3 Å². The molecule has 1 aliphatic rings. The molecular formula is C39H46N4O6. The molecule has 0 bridgehead atoms. The van der Waals surface area contributed by atoms with Crippen LogP contribution in [-0.4, -0.2) is 52.7 Å². The molecule has 0 spiro atoms. The van der Waals surface area contributed by atoms with Crippen molar-refractivity contribution in [1.82, 2.24) is 4.90 Å². The molecule has 10 nitrogen and oxygen atoms in total. The molecule has 1 heterocycles. The summed E-state index contributed by atoms with van der Waals surface area (Å²) >= 11 is 0. The fraction of sp³-hybridized carbons (Fsp3) is 0.333. The summed E-state index contributed by atoms with van der Waals surface area (Å²) in [5.41, 5.74) is 10.9. The number of nitrogen functional groups attached to an aromatic ring is 1. The largest absolute Gasteiger partial charge is 0.397 e. The van der Waals surface area contributed by atoms with Gasteiger partial charge < -0.3 is 36.1 Å². The van der Waals surface area contributed by atoms with E-state index in [0.29, 0.717) is 36.4 Å². The van der Waals surface area contributed by atoms with E-state index in [1.165, 1.54) is 0 Å². The van der Waals surface area contributed by atoms with Crippen LogP contribution in [0, 0.1) is 0 Å². The van der Waals surface area contributed by atoms with Gasteiger partial charge >= 0.3 is 0 Å². The molecule has 5 rings (SSSR count). The third kappa shape index (κ3) is 9.97. The molecule has 0 radical (unpaired) electrons. The number of hydrogen-bond acceptors (Lipinski definition) is 8. The van der Waals surface area contributed by atoms with Crippen LogP contribution in [0.4, 0.5) is 17.1 Å². The van der Waals surface area contributed by atoms with Crippen molar-refractivity contribution in [2.24, 2.45) is 0 Å². The number of carbonyl (C=O) groups is 2. The fourth-order valence-corrected chi connectivity index (χ4v) is 5.91. The molecule has 0 aromatic heterocycles. The molecular weight excluding hydrogens is 620 g/mol. The lowest BCUT2D eigenvalue weighted by Gasteiger charge is -2.39. The molecule has 4 aromatic rings. The average Bonchev–Trinajstić information content (AvgIpc) is 3.12.